The second kappa shape index (κ2) is 8.16. The van der Waals surface area contributed by atoms with Gasteiger partial charge in [-0.1, -0.05) is 34.1 Å². The third-order valence-electron chi connectivity index (χ3n) is 5.10. The number of rotatable bonds is 6. The van der Waals surface area contributed by atoms with E-state index >= 15 is 0 Å². The van der Waals surface area contributed by atoms with Crippen LogP contribution in [0.25, 0.3) is 0 Å². The second-order valence-electron chi connectivity index (χ2n) is 8.54. The van der Waals surface area contributed by atoms with Crippen LogP contribution in [0.5, 0.6) is 5.75 Å². The Hall–Kier alpha value is -2.29. The minimum Gasteiger partial charge on any atom is -0.508 e. The summed E-state index contributed by atoms with van der Waals surface area (Å²) in [6, 6.07) is 9.37. The SMILES string of the molecule is CCCCN(C)c1cc(C)c(C(=O)c2ccc(O)c(C(C)(C)C)c2)c(C)c1. The predicted octanol–water partition coefficient (Wildman–Crippen LogP) is 5.77. The van der Waals surface area contributed by atoms with Crippen LogP contribution in [0.3, 0.4) is 0 Å². The number of benzene rings is 2. The molecule has 0 aromatic heterocycles. The van der Waals surface area contributed by atoms with Crippen LogP contribution < -0.4 is 4.90 Å². The Balaban J connectivity index is 2.43. The minimum absolute atomic E-state index is 0.0123. The average Bonchev–Trinajstić information content (AvgIpc) is 2.58. The number of aryl methyl sites for hydroxylation is 2. The van der Waals surface area contributed by atoms with Crippen molar-refractivity contribution in [2.45, 2.75) is 59.8 Å². The van der Waals surface area contributed by atoms with Crippen molar-refractivity contribution < 1.29 is 9.90 Å². The van der Waals surface area contributed by atoms with Gasteiger partial charge in [0, 0.05) is 30.4 Å². The number of unbranched alkanes of at least 4 members (excludes halogenated alkanes) is 1. The first-order valence-electron chi connectivity index (χ1n) is 9.76. The fourth-order valence-corrected chi connectivity index (χ4v) is 3.47. The fourth-order valence-electron chi connectivity index (χ4n) is 3.47. The van der Waals surface area contributed by atoms with E-state index in [0.29, 0.717) is 5.56 Å². The summed E-state index contributed by atoms with van der Waals surface area (Å²) in [7, 11) is 2.10. The maximum atomic E-state index is 13.2. The summed E-state index contributed by atoms with van der Waals surface area (Å²) in [6.45, 7) is 13.3. The number of aromatic hydroxyl groups is 1. The zero-order valence-corrected chi connectivity index (χ0v) is 17.8. The molecule has 0 fully saturated rings. The van der Waals surface area contributed by atoms with Crippen molar-refractivity contribution in [1.82, 2.24) is 0 Å². The van der Waals surface area contributed by atoms with E-state index in [9.17, 15) is 9.90 Å². The lowest BCUT2D eigenvalue weighted by Crippen LogP contribution is -2.19. The van der Waals surface area contributed by atoms with Crippen molar-refractivity contribution in [2.24, 2.45) is 0 Å². The van der Waals surface area contributed by atoms with Gasteiger partial charge in [-0.3, -0.25) is 4.79 Å². The largest absolute Gasteiger partial charge is 0.508 e. The van der Waals surface area contributed by atoms with E-state index in [2.05, 4.69) is 31.0 Å². The summed E-state index contributed by atoms with van der Waals surface area (Å²) in [4.78, 5) is 15.5. The molecule has 0 unspecified atom stereocenters. The number of nitrogens with zero attached hydrogens (tertiary/aromatic N) is 1. The molecule has 0 saturated heterocycles. The maximum Gasteiger partial charge on any atom is 0.193 e. The van der Waals surface area contributed by atoms with Crippen LogP contribution in [0, 0.1) is 13.8 Å². The number of hydrogen-bond donors (Lipinski definition) is 1. The predicted molar refractivity (Wildman–Crippen MR) is 114 cm³/mol. The van der Waals surface area contributed by atoms with Crippen molar-refractivity contribution >= 4 is 11.5 Å². The van der Waals surface area contributed by atoms with Crippen LogP contribution in [-0.2, 0) is 5.41 Å². The Labute approximate surface area is 164 Å². The van der Waals surface area contributed by atoms with E-state index in [4.69, 9.17) is 0 Å². The molecule has 146 valence electrons. The standard InChI is InChI=1S/C24H33NO2/c1-8-9-12-25(7)19-13-16(2)22(17(3)14-19)23(27)18-10-11-21(26)20(15-18)24(4,5)6/h10-11,13-15,26H,8-9,12H2,1-7H3. The van der Waals surface area contributed by atoms with Gasteiger partial charge in [0.25, 0.3) is 0 Å². The van der Waals surface area contributed by atoms with Gasteiger partial charge in [-0.15, -0.1) is 0 Å². The lowest BCUT2D eigenvalue weighted by molar-refractivity contribution is 0.103. The summed E-state index contributed by atoms with van der Waals surface area (Å²) >= 11 is 0. The Kier molecular flexibility index (Phi) is 6.35. The molecular weight excluding hydrogens is 334 g/mol. The van der Waals surface area contributed by atoms with E-state index in [1.165, 1.54) is 0 Å². The highest BCUT2D eigenvalue weighted by molar-refractivity contribution is 6.11. The third kappa shape index (κ3) is 4.71. The topological polar surface area (TPSA) is 40.5 Å². The van der Waals surface area contributed by atoms with Crippen molar-refractivity contribution in [3.63, 3.8) is 0 Å². The van der Waals surface area contributed by atoms with Gasteiger partial charge in [0.1, 0.15) is 5.75 Å². The van der Waals surface area contributed by atoms with Gasteiger partial charge >= 0.3 is 0 Å². The van der Waals surface area contributed by atoms with Crippen LogP contribution >= 0.6 is 0 Å². The molecule has 2 rings (SSSR count). The molecule has 0 spiro atoms. The Bertz CT molecular complexity index is 808. The molecule has 2 aromatic carbocycles. The molecule has 0 aliphatic heterocycles. The molecule has 0 bridgehead atoms. The van der Waals surface area contributed by atoms with Gasteiger partial charge in [0.2, 0.25) is 0 Å². The van der Waals surface area contributed by atoms with Gasteiger partial charge in [-0.05, 0) is 72.7 Å². The van der Waals surface area contributed by atoms with Gasteiger partial charge in [-0.25, -0.2) is 0 Å². The van der Waals surface area contributed by atoms with Crippen LogP contribution in [0.2, 0.25) is 0 Å². The normalized spacial score (nSPS) is 11.5. The van der Waals surface area contributed by atoms with Crippen LogP contribution in [0.15, 0.2) is 30.3 Å². The van der Waals surface area contributed by atoms with E-state index < -0.39 is 0 Å². The Morgan fingerprint density at radius 2 is 1.67 bits per heavy atom. The number of phenolic OH excluding ortho intramolecular Hbond substituents is 1. The highest BCUT2D eigenvalue weighted by atomic mass is 16.3. The fraction of sp³-hybridized carbons (Fsp3) is 0.458. The number of carbonyl (C=O) groups excluding carboxylic acids is 1. The summed E-state index contributed by atoms with van der Waals surface area (Å²) in [5.41, 5.74) is 5.07. The summed E-state index contributed by atoms with van der Waals surface area (Å²) in [6.07, 6.45) is 2.31. The molecule has 3 heteroatoms. The number of hydrogen-bond acceptors (Lipinski definition) is 3. The van der Waals surface area contributed by atoms with E-state index in [1.54, 1.807) is 12.1 Å². The molecule has 0 aliphatic carbocycles. The molecule has 0 radical (unpaired) electrons. The number of phenols is 1. The summed E-state index contributed by atoms with van der Waals surface area (Å²) in [5, 5.41) is 10.2. The second-order valence-corrected chi connectivity index (χ2v) is 8.54. The molecule has 0 atom stereocenters. The minimum atomic E-state index is -0.226. The van der Waals surface area contributed by atoms with Gasteiger partial charge < -0.3 is 10.0 Å². The summed E-state index contributed by atoms with van der Waals surface area (Å²) in [5.74, 6) is 0.249. The summed E-state index contributed by atoms with van der Waals surface area (Å²) < 4.78 is 0. The molecule has 3 nitrogen and oxygen atoms in total. The third-order valence-corrected chi connectivity index (χ3v) is 5.10. The first kappa shape index (κ1) is 21.0. The molecule has 1 N–H and O–H groups in total. The van der Waals surface area contributed by atoms with Gasteiger partial charge in [0.05, 0.1) is 0 Å². The molecule has 0 heterocycles. The van der Waals surface area contributed by atoms with Crippen LogP contribution in [0.4, 0.5) is 5.69 Å². The van der Waals surface area contributed by atoms with Crippen LogP contribution in [0.1, 0.15) is 73.1 Å². The zero-order chi connectivity index (χ0) is 20.4. The lowest BCUT2D eigenvalue weighted by atomic mass is 9.84. The monoisotopic (exact) mass is 367 g/mol. The molecule has 0 saturated carbocycles. The van der Waals surface area contributed by atoms with Crippen molar-refractivity contribution in [3.8, 4) is 5.75 Å². The van der Waals surface area contributed by atoms with E-state index in [-0.39, 0.29) is 16.9 Å². The van der Waals surface area contributed by atoms with E-state index in [0.717, 1.165) is 47.3 Å². The van der Waals surface area contributed by atoms with Crippen LogP contribution in [-0.4, -0.2) is 24.5 Å². The molecule has 2 aromatic rings. The maximum absolute atomic E-state index is 13.2. The van der Waals surface area contributed by atoms with Crippen molar-refractivity contribution in [3.05, 3.63) is 58.1 Å². The quantitative estimate of drug-likeness (QED) is 0.659. The highest BCUT2D eigenvalue weighted by Gasteiger charge is 2.22. The Morgan fingerprint density at radius 1 is 1.07 bits per heavy atom. The smallest absolute Gasteiger partial charge is 0.193 e. The molecule has 0 amide bonds. The Morgan fingerprint density at radius 3 is 2.19 bits per heavy atom. The number of anilines is 1. The van der Waals surface area contributed by atoms with E-state index in [1.807, 2.05) is 40.7 Å². The lowest BCUT2D eigenvalue weighted by Gasteiger charge is -2.23. The number of carbonyl (C=O) groups is 1. The zero-order valence-electron chi connectivity index (χ0n) is 17.8. The first-order valence-corrected chi connectivity index (χ1v) is 9.76. The average molecular weight is 368 g/mol. The van der Waals surface area contributed by atoms with Crippen molar-refractivity contribution in [1.29, 1.82) is 0 Å². The highest BCUT2D eigenvalue weighted by Crippen LogP contribution is 2.33. The molecule has 27 heavy (non-hydrogen) atoms. The van der Waals surface area contributed by atoms with Gasteiger partial charge in [-0.2, -0.15) is 0 Å². The first-order chi connectivity index (χ1) is 12.6. The molecular formula is C24H33NO2. The molecule has 0 aliphatic rings. The number of ketones is 1. The van der Waals surface area contributed by atoms with Gasteiger partial charge in [0.15, 0.2) is 5.78 Å². The van der Waals surface area contributed by atoms with Crippen molar-refractivity contribution in [2.75, 3.05) is 18.5 Å².